The van der Waals surface area contributed by atoms with E-state index in [0.717, 1.165) is 5.56 Å². The van der Waals surface area contributed by atoms with Gasteiger partial charge in [-0.05, 0) is 42.7 Å². The molecule has 0 bridgehead atoms. The summed E-state index contributed by atoms with van der Waals surface area (Å²) in [5.41, 5.74) is 1.62. The van der Waals surface area contributed by atoms with E-state index in [0.29, 0.717) is 23.6 Å². The first-order valence-corrected chi connectivity index (χ1v) is 8.89. The maximum atomic E-state index is 13.5. The number of carbonyl (C=O) groups excluding carboxylic acids is 2. The summed E-state index contributed by atoms with van der Waals surface area (Å²) in [5.74, 6) is -0.684. The summed E-state index contributed by atoms with van der Waals surface area (Å²) < 4.78 is 13.5. The fourth-order valence-electron chi connectivity index (χ4n) is 3.12. The normalized spacial score (nSPS) is 17.7. The largest absolute Gasteiger partial charge is 0.331 e. The lowest BCUT2D eigenvalue weighted by Crippen LogP contribution is -2.58. The Morgan fingerprint density at radius 2 is 1.88 bits per heavy atom. The summed E-state index contributed by atoms with van der Waals surface area (Å²) in [7, 11) is 0. The van der Waals surface area contributed by atoms with Crippen LogP contribution in [-0.4, -0.2) is 40.7 Å². The summed E-state index contributed by atoms with van der Waals surface area (Å²) in [6.07, 6.45) is 0.697. The van der Waals surface area contributed by atoms with E-state index in [2.05, 4.69) is 0 Å². The quantitative estimate of drug-likeness (QED) is 0.805. The lowest BCUT2D eigenvalue weighted by atomic mass is 10.1. The second kappa shape index (κ2) is 7.87. The summed E-state index contributed by atoms with van der Waals surface area (Å²) >= 11 is 6.09. The molecule has 26 heavy (non-hydrogen) atoms. The Bertz CT molecular complexity index is 813. The summed E-state index contributed by atoms with van der Waals surface area (Å²) in [5, 5.41) is 0.380. The Labute approximate surface area is 157 Å². The molecule has 0 spiro atoms. The van der Waals surface area contributed by atoms with Crippen molar-refractivity contribution in [1.82, 2.24) is 9.80 Å². The van der Waals surface area contributed by atoms with E-state index in [1.807, 2.05) is 30.3 Å². The second-order valence-electron chi connectivity index (χ2n) is 6.43. The van der Waals surface area contributed by atoms with Crippen LogP contribution < -0.4 is 0 Å². The zero-order valence-corrected chi connectivity index (χ0v) is 15.2. The Morgan fingerprint density at radius 3 is 2.62 bits per heavy atom. The molecule has 0 aliphatic carbocycles. The van der Waals surface area contributed by atoms with Crippen molar-refractivity contribution >= 4 is 23.4 Å². The molecule has 1 fully saturated rings. The van der Waals surface area contributed by atoms with Gasteiger partial charge in [0.1, 0.15) is 11.9 Å². The van der Waals surface area contributed by atoms with Crippen molar-refractivity contribution in [2.45, 2.75) is 25.9 Å². The molecule has 2 amide bonds. The molecule has 1 atom stereocenters. The van der Waals surface area contributed by atoms with Gasteiger partial charge in [-0.3, -0.25) is 9.59 Å². The van der Waals surface area contributed by atoms with Gasteiger partial charge in [-0.1, -0.05) is 41.9 Å². The van der Waals surface area contributed by atoms with Gasteiger partial charge >= 0.3 is 0 Å². The van der Waals surface area contributed by atoms with Crippen LogP contribution in [0.5, 0.6) is 0 Å². The standard InChI is InChI=1S/C20H20ClFN2O2/c1-14-20(26)23(10-9-15-5-3-2-4-6-15)13-19(25)24(14)12-16-11-17(22)7-8-18(16)21/h2-8,11,14H,9-10,12-13H2,1H3/t14-/m1/s1. The van der Waals surface area contributed by atoms with Crippen molar-refractivity contribution in [3.05, 3.63) is 70.5 Å². The molecule has 136 valence electrons. The molecule has 4 nitrogen and oxygen atoms in total. The topological polar surface area (TPSA) is 40.6 Å². The molecule has 0 aromatic heterocycles. The molecule has 6 heteroatoms. The van der Waals surface area contributed by atoms with Gasteiger partial charge in [0, 0.05) is 18.1 Å². The van der Waals surface area contributed by atoms with Crippen LogP contribution in [0.25, 0.3) is 0 Å². The maximum absolute atomic E-state index is 13.5. The van der Waals surface area contributed by atoms with E-state index in [1.54, 1.807) is 11.8 Å². The number of hydrogen-bond acceptors (Lipinski definition) is 2. The van der Waals surface area contributed by atoms with Gasteiger partial charge in [0.2, 0.25) is 11.8 Å². The van der Waals surface area contributed by atoms with Crippen molar-refractivity contribution < 1.29 is 14.0 Å². The van der Waals surface area contributed by atoms with Crippen molar-refractivity contribution in [3.63, 3.8) is 0 Å². The molecule has 0 saturated carbocycles. The number of halogens is 2. The molecule has 1 aliphatic heterocycles. The van der Waals surface area contributed by atoms with Crippen LogP contribution in [0.15, 0.2) is 48.5 Å². The smallest absolute Gasteiger partial charge is 0.245 e. The Kier molecular flexibility index (Phi) is 5.57. The number of piperazine rings is 1. The van der Waals surface area contributed by atoms with Crippen molar-refractivity contribution in [1.29, 1.82) is 0 Å². The second-order valence-corrected chi connectivity index (χ2v) is 6.84. The third-order valence-corrected chi connectivity index (χ3v) is 5.01. The van der Waals surface area contributed by atoms with E-state index in [1.165, 1.54) is 23.1 Å². The van der Waals surface area contributed by atoms with Gasteiger partial charge in [-0.15, -0.1) is 0 Å². The molecule has 1 saturated heterocycles. The van der Waals surface area contributed by atoms with Crippen LogP contribution in [-0.2, 0) is 22.6 Å². The molecule has 2 aromatic rings. The molecule has 1 aliphatic rings. The Hall–Kier alpha value is -2.40. The van der Waals surface area contributed by atoms with Crippen LogP contribution in [0.3, 0.4) is 0 Å². The van der Waals surface area contributed by atoms with Gasteiger partial charge < -0.3 is 9.80 Å². The first kappa shape index (κ1) is 18.4. The zero-order valence-electron chi connectivity index (χ0n) is 14.5. The molecule has 3 rings (SSSR count). The fourth-order valence-corrected chi connectivity index (χ4v) is 3.29. The molecule has 0 unspecified atom stereocenters. The molecule has 0 radical (unpaired) electrons. The predicted molar refractivity (Wildman–Crippen MR) is 98.1 cm³/mol. The van der Waals surface area contributed by atoms with Crippen LogP contribution in [0.2, 0.25) is 5.02 Å². The monoisotopic (exact) mass is 374 g/mol. The van der Waals surface area contributed by atoms with Gasteiger partial charge in [0.15, 0.2) is 0 Å². The summed E-state index contributed by atoms with van der Waals surface area (Å²) in [4.78, 5) is 28.3. The van der Waals surface area contributed by atoms with Crippen molar-refractivity contribution in [2.24, 2.45) is 0 Å². The van der Waals surface area contributed by atoms with Crippen LogP contribution in [0, 0.1) is 5.82 Å². The molecule has 1 heterocycles. The van der Waals surface area contributed by atoms with Gasteiger partial charge in [-0.25, -0.2) is 4.39 Å². The third kappa shape index (κ3) is 4.05. The SMILES string of the molecule is C[C@@H]1C(=O)N(CCc2ccccc2)CC(=O)N1Cc1cc(F)ccc1Cl. The maximum Gasteiger partial charge on any atom is 0.245 e. The first-order valence-electron chi connectivity index (χ1n) is 8.52. The van der Waals surface area contributed by atoms with E-state index in [4.69, 9.17) is 11.6 Å². The lowest BCUT2D eigenvalue weighted by Gasteiger charge is -2.39. The zero-order chi connectivity index (χ0) is 18.7. The fraction of sp³-hybridized carbons (Fsp3) is 0.300. The molecule has 2 aromatic carbocycles. The summed E-state index contributed by atoms with van der Waals surface area (Å²) in [6, 6.07) is 13.3. The predicted octanol–water partition coefficient (Wildman–Crippen LogP) is 3.28. The van der Waals surface area contributed by atoms with Gasteiger partial charge in [0.05, 0.1) is 6.54 Å². The first-order chi connectivity index (χ1) is 12.5. The van der Waals surface area contributed by atoms with Crippen molar-refractivity contribution in [2.75, 3.05) is 13.1 Å². The Balaban J connectivity index is 1.68. The van der Waals surface area contributed by atoms with E-state index >= 15 is 0 Å². The highest BCUT2D eigenvalue weighted by atomic mass is 35.5. The van der Waals surface area contributed by atoms with Gasteiger partial charge in [-0.2, -0.15) is 0 Å². The molecular weight excluding hydrogens is 355 g/mol. The van der Waals surface area contributed by atoms with Crippen LogP contribution in [0.1, 0.15) is 18.1 Å². The van der Waals surface area contributed by atoms with Crippen LogP contribution >= 0.6 is 11.6 Å². The number of amides is 2. The molecular formula is C20H20ClFN2O2. The van der Waals surface area contributed by atoms with E-state index in [9.17, 15) is 14.0 Å². The minimum atomic E-state index is -0.605. The third-order valence-electron chi connectivity index (χ3n) is 4.64. The summed E-state index contributed by atoms with van der Waals surface area (Å²) in [6.45, 7) is 2.34. The van der Waals surface area contributed by atoms with Crippen molar-refractivity contribution in [3.8, 4) is 0 Å². The minimum absolute atomic E-state index is 0.0307. The Morgan fingerprint density at radius 1 is 1.15 bits per heavy atom. The average Bonchev–Trinajstić information content (AvgIpc) is 2.64. The van der Waals surface area contributed by atoms with Gasteiger partial charge in [0.25, 0.3) is 0 Å². The lowest BCUT2D eigenvalue weighted by molar-refractivity contribution is -0.155. The number of carbonyl (C=O) groups is 2. The number of hydrogen-bond donors (Lipinski definition) is 0. The van der Waals surface area contributed by atoms with E-state index < -0.39 is 11.9 Å². The van der Waals surface area contributed by atoms with Crippen LogP contribution in [0.4, 0.5) is 4.39 Å². The highest BCUT2D eigenvalue weighted by molar-refractivity contribution is 6.31. The number of nitrogens with zero attached hydrogens (tertiary/aromatic N) is 2. The highest BCUT2D eigenvalue weighted by Gasteiger charge is 2.36. The minimum Gasteiger partial charge on any atom is -0.331 e. The van der Waals surface area contributed by atoms with E-state index in [-0.39, 0.29) is 24.9 Å². The molecule has 0 N–H and O–H groups in total. The highest BCUT2D eigenvalue weighted by Crippen LogP contribution is 2.22. The number of benzene rings is 2. The number of rotatable bonds is 5. The average molecular weight is 375 g/mol.